The highest BCUT2D eigenvalue weighted by molar-refractivity contribution is 7.95. The number of nitrogens with zero attached hydrogens (tertiary/aromatic N) is 1. The average molecular weight is 360 g/mol. The Morgan fingerprint density at radius 2 is 1.68 bits per heavy atom. The molecule has 1 aromatic carbocycles. The molecule has 9 heteroatoms. The average Bonchev–Trinajstić information content (AvgIpc) is 2.88. The second kappa shape index (κ2) is 6.09. The normalized spacial score (nSPS) is 12.7. The number of benzene rings is 1. The molecule has 0 saturated heterocycles. The van der Waals surface area contributed by atoms with E-state index in [9.17, 15) is 16.8 Å². The molecule has 0 spiro atoms. The summed E-state index contributed by atoms with van der Waals surface area (Å²) in [5.41, 5.74) is 0.856. The van der Waals surface area contributed by atoms with Crippen LogP contribution in [0.25, 0.3) is 0 Å². The number of thiophene rings is 1. The Bertz CT molecular complexity index is 884. The van der Waals surface area contributed by atoms with Crippen LogP contribution in [0.1, 0.15) is 5.56 Å². The third-order valence-electron chi connectivity index (χ3n) is 2.81. The Labute approximate surface area is 134 Å². The molecule has 120 valence electrons. The van der Waals surface area contributed by atoms with Crippen molar-refractivity contribution in [3.05, 3.63) is 42.0 Å². The van der Waals surface area contributed by atoms with Crippen molar-refractivity contribution in [2.75, 3.05) is 14.1 Å². The third-order valence-corrected chi connectivity index (χ3v) is 7.58. The summed E-state index contributed by atoms with van der Waals surface area (Å²) >= 11 is 0.650. The first kappa shape index (κ1) is 17.1. The van der Waals surface area contributed by atoms with E-state index < -0.39 is 19.9 Å². The summed E-state index contributed by atoms with van der Waals surface area (Å²) in [7, 11) is -3.88. The molecule has 0 aliphatic heterocycles. The van der Waals surface area contributed by atoms with Crippen molar-refractivity contribution in [1.29, 1.82) is 0 Å². The highest BCUT2D eigenvalue weighted by Crippen LogP contribution is 2.30. The molecule has 0 unspecified atom stereocenters. The van der Waals surface area contributed by atoms with Gasteiger partial charge in [0.15, 0.2) is 0 Å². The smallest absolute Gasteiger partial charge is 0.247 e. The van der Waals surface area contributed by atoms with Crippen molar-refractivity contribution >= 4 is 31.2 Å². The number of primary sulfonamides is 1. The van der Waals surface area contributed by atoms with Crippen LogP contribution in [0.3, 0.4) is 0 Å². The molecule has 0 saturated carbocycles. The molecule has 0 fully saturated rings. The van der Waals surface area contributed by atoms with Gasteiger partial charge in [-0.1, -0.05) is 12.1 Å². The fourth-order valence-corrected chi connectivity index (χ4v) is 5.55. The Balaban J connectivity index is 2.45. The molecular formula is C13H16N2O4S3. The molecule has 2 aromatic rings. The highest BCUT2D eigenvalue weighted by atomic mass is 32.3. The summed E-state index contributed by atoms with van der Waals surface area (Å²) < 4.78 is 47.5. The van der Waals surface area contributed by atoms with Gasteiger partial charge in [0.05, 0.1) is 4.90 Å². The number of nitrogens with two attached hydrogens (primary N) is 1. The summed E-state index contributed by atoms with van der Waals surface area (Å²) in [5.74, 6) is 0. The molecule has 0 atom stereocenters. The maximum atomic E-state index is 12.6. The van der Waals surface area contributed by atoms with Crippen LogP contribution < -0.4 is 5.14 Å². The highest BCUT2D eigenvalue weighted by Gasteiger charge is 2.23. The predicted molar refractivity (Wildman–Crippen MR) is 85.0 cm³/mol. The lowest BCUT2D eigenvalue weighted by Crippen LogP contribution is -2.11. The molecular weight excluding hydrogens is 344 g/mol. The molecule has 22 heavy (non-hydrogen) atoms. The Kier molecular flexibility index (Phi) is 4.73. The van der Waals surface area contributed by atoms with Gasteiger partial charge in [-0.2, -0.15) is 0 Å². The van der Waals surface area contributed by atoms with E-state index in [2.05, 4.69) is 0 Å². The monoisotopic (exact) mass is 360 g/mol. The number of hydrogen-bond acceptors (Lipinski definition) is 6. The van der Waals surface area contributed by atoms with Crippen LogP contribution in [0.2, 0.25) is 0 Å². The first-order valence-electron chi connectivity index (χ1n) is 6.22. The standard InChI is InChI=1S/C13H16N2O4S3/c1-15(2)9-10-4-3-5-11(8-10)21(16,17)12-6-7-13(20-12)22(14,18)19/h3-8H,9H2,1-2H3,(H2,14,18,19). The quantitative estimate of drug-likeness (QED) is 0.866. The van der Waals surface area contributed by atoms with E-state index in [0.29, 0.717) is 17.9 Å². The maximum Gasteiger partial charge on any atom is 0.247 e. The van der Waals surface area contributed by atoms with E-state index in [1.54, 1.807) is 12.1 Å². The van der Waals surface area contributed by atoms with Gasteiger partial charge in [-0.25, -0.2) is 22.0 Å². The largest absolute Gasteiger partial charge is 0.305 e. The Hall–Kier alpha value is -1.26. The molecule has 6 nitrogen and oxygen atoms in total. The topological polar surface area (TPSA) is 97.5 Å². The van der Waals surface area contributed by atoms with Gasteiger partial charge in [0, 0.05) is 6.54 Å². The van der Waals surface area contributed by atoms with Gasteiger partial charge in [-0.3, -0.25) is 0 Å². The Morgan fingerprint density at radius 3 is 2.23 bits per heavy atom. The molecule has 2 rings (SSSR count). The minimum atomic E-state index is -3.90. The lowest BCUT2D eigenvalue weighted by Gasteiger charge is -2.10. The van der Waals surface area contributed by atoms with Crippen molar-refractivity contribution in [2.24, 2.45) is 5.14 Å². The van der Waals surface area contributed by atoms with E-state index in [1.165, 1.54) is 18.2 Å². The minimum absolute atomic E-state index is 0.0430. The summed E-state index contributed by atoms with van der Waals surface area (Å²) in [6, 6.07) is 9.05. The van der Waals surface area contributed by atoms with Gasteiger partial charge < -0.3 is 4.90 Å². The molecule has 1 aromatic heterocycles. The summed E-state index contributed by atoms with van der Waals surface area (Å²) in [6.45, 7) is 0.607. The molecule has 0 amide bonds. The maximum absolute atomic E-state index is 12.6. The fourth-order valence-electron chi connectivity index (χ4n) is 1.89. The van der Waals surface area contributed by atoms with Crippen LogP contribution in [0.4, 0.5) is 0 Å². The summed E-state index contributed by atoms with van der Waals surface area (Å²) in [5, 5.41) is 5.01. The van der Waals surface area contributed by atoms with Crippen LogP contribution in [-0.2, 0) is 26.4 Å². The van der Waals surface area contributed by atoms with Gasteiger partial charge in [0.2, 0.25) is 19.9 Å². The van der Waals surface area contributed by atoms with E-state index in [0.717, 1.165) is 5.56 Å². The SMILES string of the molecule is CN(C)Cc1cccc(S(=O)(=O)c2ccc(S(N)(=O)=O)s2)c1. The van der Waals surface area contributed by atoms with Gasteiger partial charge >= 0.3 is 0 Å². The fraction of sp³-hybridized carbons (Fsp3) is 0.231. The zero-order valence-corrected chi connectivity index (χ0v) is 14.5. The number of sulfone groups is 1. The van der Waals surface area contributed by atoms with Gasteiger partial charge in [0.25, 0.3) is 0 Å². The van der Waals surface area contributed by atoms with Crippen LogP contribution in [0, 0.1) is 0 Å². The minimum Gasteiger partial charge on any atom is -0.305 e. The zero-order chi connectivity index (χ0) is 16.5. The second-order valence-corrected chi connectivity index (χ2v) is 10.1. The van der Waals surface area contributed by atoms with Crippen molar-refractivity contribution in [2.45, 2.75) is 19.9 Å². The predicted octanol–water partition coefficient (Wildman–Crippen LogP) is 1.29. The van der Waals surface area contributed by atoms with Crippen LogP contribution in [-0.4, -0.2) is 35.8 Å². The second-order valence-electron chi connectivity index (χ2n) is 5.01. The molecule has 0 radical (unpaired) electrons. The first-order chi connectivity index (χ1) is 10.1. The lowest BCUT2D eigenvalue weighted by molar-refractivity contribution is 0.402. The molecule has 0 aliphatic rings. The molecule has 2 N–H and O–H groups in total. The lowest BCUT2D eigenvalue weighted by atomic mass is 10.2. The van der Waals surface area contributed by atoms with Crippen LogP contribution in [0.15, 0.2) is 49.7 Å². The third kappa shape index (κ3) is 3.73. The number of sulfonamides is 1. The van der Waals surface area contributed by atoms with E-state index in [4.69, 9.17) is 5.14 Å². The van der Waals surface area contributed by atoms with E-state index in [1.807, 2.05) is 25.1 Å². The van der Waals surface area contributed by atoms with Crippen molar-refractivity contribution in [3.63, 3.8) is 0 Å². The molecule has 0 bridgehead atoms. The summed E-state index contributed by atoms with van der Waals surface area (Å²) in [4.78, 5) is 2.06. The van der Waals surface area contributed by atoms with Crippen LogP contribution in [0.5, 0.6) is 0 Å². The summed E-state index contributed by atoms with van der Waals surface area (Å²) in [6.07, 6.45) is 0. The van der Waals surface area contributed by atoms with Crippen molar-refractivity contribution in [3.8, 4) is 0 Å². The Morgan fingerprint density at radius 1 is 1.05 bits per heavy atom. The zero-order valence-electron chi connectivity index (χ0n) is 12.1. The number of rotatable bonds is 5. The van der Waals surface area contributed by atoms with E-state index >= 15 is 0 Å². The van der Waals surface area contributed by atoms with E-state index in [-0.39, 0.29) is 13.3 Å². The number of hydrogen-bond donors (Lipinski definition) is 1. The van der Waals surface area contributed by atoms with Gasteiger partial charge in [0.1, 0.15) is 8.42 Å². The van der Waals surface area contributed by atoms with Crippen molar-refractivity contribution in [1.82, 2.24) is 4.90 Å². The van der Waals surface area contributed by atoms with Crippen molar-refractivity contribution < 1.29 is 16.8 Å². The first-order valence-corrected chi connectivity index (χ1v) is 10.1. The van der Waals surface area contributed by atoms with Crippen LogP contribution >= 0.6 is 11.3 Å². The van der Waals surface area contributed by atoms with Gasteiger partial charge in [-0.05, 0) is 43.9 Å². The molecule has 1 heterocycles. The van der Waals surface area contributed by atoms with Gasteiger partial charge in [-0.15, -0.1) is 11.3 Å². The molecule has 0 aliphatic carbocycles.